The highest BCUT2D eigenvalue weighted by Gasteiger charge is 2.57. The lowest BCUT2D eigenvalue weighted by molar-refractivity contribution is -0.197. The minimum absolute atomic E-state index is 0.0454. The van der Waals surface area contributed by atoms with Gasteiger partial charge in [0, 0.05) is 39.3 Å². The Hall–Kier alpha value is -2.12. The number of alkyl halides is 3. The van der Waals surface area contributed by atoms with Gasteiger partial charge in [0.25, 0.3) is 5.91 Å². The van der Waals surface area contributed by atoms with Crippen LogP contribution in [-0.2, 0) is 23.8 Å². The number of hydrogen-bond donors (Lipinski definition) is 1. The fourth-order valence-corrected chi connectivity index (χ4v) is 6.14. The molecule has 10 nitrogen and oxygen atoms in total. The van der Waals surface area contributed by atoms with E-state index in [1.54, 1.807) is 25.7 Å². The average Bonchev–Trinajstić information content (AvgIpc) is 3.52. The maximum atomic E-state index is 13.6. The second-order valence-corrected chi connectivity index (χ2v) is 11.5. The predicted octanol–water partition coefficient (Wildman–Crippen LogP) is 1.68. The lowest BCUT2D eigenvalue weighted by Crippen LogP contribution is -2.60. The highest BCUT2D eigenvalue weighted by Crippen LogP contribution is 2.41. The molecule has 0 aromatic heterocycles. The summed E-state index contributed by atoms with van der Waals surface area (Å²) in [6.07, 6.45) is -5.95. The number of piperazine rings is 1. The van der Waals surface area contributed by atoms with Crippen molar-refractivity contribution in [3.63, 3.8) is 0 Å². The molecule has 4 fully saturated rings. The number of halogens is 3. The van der Waals surface area contributed by atoms with Crippen LogP contribution in [0.5, 0.6) is 0 Å². The summed E-state index contributed by atoms with van der Waals surface area (Å²) in [7, 11) is 1.35. The topological polar surface area (TPSA) is 109 Å². The van der Waals surface area contributed by atoms with E-state index in [1.165, 1.54) is 12.0 Å². The number of nitrogens with zero attached hydrogens (tertiary/aromatic N) is 3. The zero-order valence-corrected chi connectivity index (χ0v) is 21.6. The van der Waals surface area contributed by atoms with Gasteiger partial charge in [-0.25, -0.2) is 4.79 Å². The molecule has 37 heavy (non-hydrogen) atoms. The van der Waals surface area contributed by atoms with Crippen LogP contribution in [0.4, 0.5) is 18.0 Å². The molecule has 6 atom stereocenters. The molecule has 4 rings (SSSR count). The Labute approximate surface area is 214 Å². The zero-order valence-electron chi connectivity index (χ0n) is 21.6. The monoisotopic (exact) mass is 535 g/mol. The van der Waals surface area contributed by atoms with Crippen LogP contribution >= 0.6 is 0 Å². The number of likely N-dealkylation sites (tertiary alicyclic amines) is 2. The van der Waals surface area contributed by atoms with E-state index in [9.17, 15) is 32.7 Å². The van der Waals surface area contributed by atoms with Gasteiger partial charge in [-0.05, 0) is 46.5 Å². The summed E-state index contributed by atoms with van der Waals surface area (Å²) >= 11 is 0. The average molecular weight is 536 g/mol. The highest BCUT2D eigenvalue weighted by atomic mass is 19.4. The number of carbonyl (C=O) groups excluding carboxylic acids is 3. The van der Waals surface area contributed by atoms with Crippen LogP contribution in [0.3, 0.4) is 0 Å². The minimum Gasteiger partial charge on any atom is -0.444 e. The summed E-state index contributed by atoms with van der Waals surface area (Å²) in [5.41, 5.74) is -2.56. The molecule has 0 spiro atoms. The summed E-state index contributed by atoms with van der Waals surface area (Å²) in [5, 5.41) is 11.3. The molecule has 1 aliphatic carbocycles. The molecule has 1 saturated carbocycles. The number of hydrogen-bond acceptors (Lipinski definition) is 7. The third-order valence-corrected chi connectivity index (χ3v) is 7.79. The van der Waals surface area contributed by atoms with Crippen LogP contribution in [-0.4, -0.2) is 119 Å². The van der Waals surface area contributed by atoms with E-state index in [4.69, 9.17) is 14.2 Å². The molecule has 3 heterocycles. The van der Waals surface area contributed by atoms with Crippen molar-refractivity contribution in [2.24, 2.45) is 0 Å². The first kappa shape index (κ1) is 27.9. The molecule has 0 aromatic rings. The van der Waals surface area contributed by atoms with Crippen molar-refractivity contribution >= 4 is 17.9 Å². The first-order valence-electron chi connectivity index (χ1n) is 12.7. The largest absolute Gasteiger partial charge is 0.471 e. The lowest BCUT2D eigenvalue weighted by atomic mass is 9.97. The molecule has 0 aromatic carbocycles. The Bertz CT molecular complexity index is 911. The van der Waals surface area contributed by atoms with E-state index in [2.05, 4.69) is 0 Å². The Morgan fingerprint density at radius 3 is 2.30 bits per heavy atom. The smallest absolute Gasteiger partial charge is 0.444 e. The summed E-state index contributed by atoms with van der Waals surface area (Å²) in [6.45, 7) is 6.00. The maximum Gasteiger partial charge on any atom is 0.471 e. The molecule has 3 saturated heterocycles. The number of rotatable bonds is 4. The van der Waals surface area contributed by atoms with Crippen molar-refractivity contribution < 1.29 is 46.9 Å². The number of aliphatic hydroxyl groups is 1. The molecule has 13 heteroatoms. The van der Waals surface area contributed by atoms with E-state index in [0.717, 1.165) is 4.90 Å². The van der Waals surface area contributed by atoms with Gasteiger partial charge in [-0.15, -0.1) is 0 Å². The van der Waals surface area contributed by atoms with Gasteiger partial charge in [-0.2, -0.15) is 13.2 Å². The summed E-state index contributed by atoms with van der Waals surface area (Å²) < 4.78 is 56.9. The standard InChI is InChI=1S/C24H36F3N3O7/c1-22(2,3)37-21(33)29-12-15-9-16(29)11-28(15)19(31)23(34)7-5-14(10-23)30(20(32)24(25,26)27)17-6-8-36-13-18(17)35-4/h14-18,34H,5-13H2,1-4H3/t14-,15+,16+,17+,18-,23-/m1/s1. The van der Waals surface area contributed by atoms with Gasteiger partial charge in [0.05, 0.1) is 24.7 Å². The van der Waals surface area contributed by atoms with Crippen LogP contribution in [0.2, 0.25) is 0 Å². The quantitative estimate of drug-likeness (QED) is 0.584. The first-order valence-corrected chi connectivity index (χ1v) is 12.7. The highest BCUT2D eigenvalue weighted by molar-refractivity contribution is 5.87. The van der Waals surface area contributed by atoms with Gasteiger partial charge in [-0.1, -0.05) is 0 Å². The van der Waals surface area contributed by atoms with Crippen molar-refractivity contribution in [1.29, 1.82) is 0 Å². The summed E-state index contributed by atoms with van der Waals surface area (Å²) in [6, 6.07) is -2.44. The van der Waals surface area contributed by atoms with Gasteiger partial charge in [0.1, 0.15) is 17.3 Å². The number of ether oxygens (including phenoxy) is 3. The van der Waals surface area contributed by atoms with Crippen molar-refractivity contribution in [2.45, 2.75) is 101 Å². The molecular formula is C24H36F3N3O7. The van der Waals surface area contributed by atoms with Crippen molar-refractivity contribution in [3.8, 4) is 0 Å². The summed E-state index contributed by atoms with van der Waals surface area (Å²) in [4.78, 5) is 42.4. The minimum atomic E-state index is -5.11. The Morgan fingerprint density at radius 2 is 1.73 bits per heavy atom. The third-order valence-electron chi connectivity index (χ3n) is 7.79. The Morgan fingerprint density at radius 1 is 1.08 bits per heavy atom. The van der Waals surface area contributed by atoms with Crippen LogP contribution < -0.4 is 0 Å². The molecular weight excluding hydrogens is 499 g/mol. The fourth-order valence-electron chi connectivity index (χ4n) is 6.14. The van der Waals surface area contributed by atoms with E-state index in [1.807, 2.05) is 0 Å². The molecule has 1 N–H and O–H groups in total. The van der Waals surface area contributed by atoms with Crippen molar-refractivity contribution in [3.05, 3.63) is 0 Å². The maximum absolute atomic E-state index is 13.6. The second-order valence-electron chi connectivity index (χ2n) is 11.5. The van der Waals surface area contributed by atoms with Crippen LogP contribution in [0.15, 0.2) is 0 Å². The number of amides is 3. The molecule has 2 bridgehead atoms. The Kier molecular flexibility index (Phi) is 7.45. The van der Waals surface area contributed by atoms with Crippen LogP contribution in [0.1, 0.15) is 52.9 Å². The van der Waals surface area contributed by atoms with E-state index >= 15 is 0 Å². The number of carbonyl (C=O) groups is 3. The SMILES string of the molecule is CO[C@@H]1COCC[C@@H]1N(C(=O)C(F)(F)F)[C@@H]1CC[C@](O)(C(=O)N2C[C@@H]3C[C@H]2CN3C(=O)OC(C)(C)C)C1. The van der Waals surface area contributed by atoms with Gasteiger partial charge >= 0.3 is 18.2 Å². The summed E-state index contributed by atoms with van der Waals surface area (Å²) in [5.74, 6) is -2.57. The molecule has 3 aliphatic heterocycles. The fraction of sp³-hybridized carbons (Fsp3) is 0.875. The van der Waals surface area contributed by atoms with Gasteiger partial charge in [0.2, 0.25) is 0 Å². The normalized spacial score (nSPS) is 34.1. The van der Waals surface area contributed by atoms with Crippen LogP contribution in [0, 0.1) is 0 Å². The number of methoxy groups -OCH3 is 1. The molecule has 0 unspecified atom stereocenters. The number of fused-ring (bicyclic) bond motifs is 2. The second kappa shape index (κ2) is 9.88. The Balaban J connectivity index is 1.46. The first-order chi connectivity index (χ1) is 17.1. The van der Waals surface area contributed by atoms with Crippen molar-refractivity contribution in [2.75, 3.05) is 33.4 Å². The van der Waals surface area contributed by atoms with Crippen molar-refractivity contribution in [1.82, 2.24) is 14.7 Å². The molecule has 4 aliphatic rings. The third kappa shape index (κ3) is 5.53. The molecule has 210 valence electrons. The lowest BCUT2D eigenvalue weighted by Gasteiger charge is -2.43. The molecule has 0 radical (unpaired) electrons. The van der Waals surface area contributed by atoms with Crippen LogP contribution in [0.25, 0.3) is 0 Å². The zero-order chi connectivity index (χ0) is 27.3. The molecule has 3 amide bonds. The van der Waals surface area contributed by atoms with E-state index in [0.29, 0.717) is 6.42 Å². The van der Waals surface area contributed by atoms with Gasteiger partial charge < -0.3 is 34.0 Å². The van der Waals surface area contributed by atoms with E-state index < -0.39 is 53.5 Å². The van der Waals surface area contributed by atoms with E-state index in [-0.39, 0.29) is 64.1 Å². The predicted molar refractivity (Wildman–Crippen MR) is 122 cm³/mol. The van der Waals surface area contributed by atoms with Gasteiger partial charge in [0.15, 0.2) is 0 Å². The van der Waals surface area contributed by atoms with Gasteiger partial charge in [-0.3, -0.25) is 9.59 Å².